The van der Waals surface area contributed by atoms with E-state index in [-0.39, 0.29) is 5.54 Å². The summed E-state index contributed by atoms with van der Waals surface area (Å²) in [5.74, 6) is 0.882. The van der Waals surface area contributed by atoms with Crippen molar-refractivity contribution in [1.29, 1.82) is 0 Å². The highest BCUT2D eigenvalue weighted by atomic mass is 32.1. The van der Waals surface area contributed by atoms with Crippen molar-refractivity contribution in [3.05, 3.63) is 29.8 Å². The molecule has 21 heavy (non-hydrogen) atoms. The van der Waals surface area contributed by atoms with Gasteiger partial charge in [-0.1, -0.05) is 24.4 Å². The Kier molecular flexibility index (Phi) is 5.56. The Morgan fingerprint density at radius 2 is 2.10 bits per heavy atom. The molecule has 0 aliphatic carbocycles. The van der Waals surface area contributed by atoms with Crippen LogP contribution in [0.2, 0.25) is 0 Å². The van der Waals surface area contributed by atoms with Crippen molar-refractivity contribution in [1.82, 2.24) is 4.90 Å². The van der Waals surface area contributed by atoms with Gasteiger partial charge < -0.3 is 15.2 Å². The average Bonchev–Trinajstić information content (AvgIpc) is 2.42. The van der Waals surface area contributed by atoms with E-state index in [0.717, 1.165) is 37.6 Å². The lowest BCUT2D eigenvalue weighted by Crippen LogP contribution is -2.54. The number of morpholine rings is 1. The topological polar surface area (TPSA) is 47.7 Å². The van der Waals surface area contributed by atoms with Gasteiger partial charge >= 0.3 is 0 Å². The smallest absolute Gasteiger partial charge is 0.119 e. The molecule has 5 heteroatoms. The van der Waals surface area contributed by atoms with Crippen LogP contribution in [0, 0.1) is 0 Å². The molecule has 0 atom stereocenters. The number of hydrogen-bond donors (Lipinski definition) is 1. The van der Waals surface area contributed by atoms with Gasteiger partial charge in [-0.2, -0.15) is 0 Å². The van der Waals surface area contributed by atoms with Gasteiger partial charge in [0.25, 0.3) is 0 Å². The van der Waals surface area contributed by atoms with Crippen LogP contribution in [-0.4, -0.2) is 48.3 Å². The summed E-state index contributed by atoms with van der Waals surface area (Å²) >= 11 is 4.90. The van der Waals surface area contributed by atoms with Crippen LogP contribution in [0.15, 0.2) is 24.3 Å². The Balaban J connectivity index is 1.79. The fraction of sp³-hybridized carbons (Fsp3) is 0.562. The molecule has 1 aromatic rings. The normalized spacial score (nSPS) is 18.4. The standard InChI is InChI=1S/C16H24N2O2S/c1-16(2)12-19-9-7-18(16)8-10-20-14-5-3-13(4-6-14)11-15(17)21/h3-6H,7-12H2,1-2H3,(H2,17,21). The predicted molar refractivity (Wildman–Crippen MR) is 88.9 cm³/mol. The van der Waals surface area contributed by atoms with E-state index in [1.807, 2.05) is 24.3 Å². The summed E-state index contributed by atoms with van der Waals surface area (Å²) in [4.78, 5) is 2.93. The highest BCUT2D eigenvalue weighted by Gasteiger charge is 2.29. The van der Waals surface area contributed by atoms with Crippen molar-refractivity contribution >= 4 is 17.2 Å². The number of ether oxygens (including phenoxy) is 2. The molecule has 2 N–H and O–H groups in total. The molecule has 1 fully saturated rings. The summed E-state index contributed by atoms with van der Waals surface area (Å²) in [7, 11) is 0. The van der Waals surface area contributed by atoms with Gasteiger partial charge in [0, 0.05) is 25.0 Å². The highest BCUT2D eigenvalue weighted by molar-refractivity contribution is 7.80. The second-order valence-corrected chi connectivity index (χ2v) is 6.51. The van der Waals surface area contributed by atoms with E-state index in [2.05, 4.69) is 18.7 Å². The maximum absolute atomic E-state index is 5.82. The van der Waals surface area contributed by atoms with E-state index < -0.39 is 0 Å². The SMILES string of the molecule is CC1(C)COCCN1CCOc1ccc(CC(N)=S)cc1. The fourth-order valence-corrected chi connectivity index (χ4v) is 2.65. The molecule has 0 spiro atoms. The van der Waals surface area contributed by atoms with Crippen molar-refractivity contribution in [2.75, 3.05) is 32.9 Å². The number of thiocarbonyl (C=S) groups is 1. The van der Waals surface area contributed by atoms with Gasteiger partial charge in [0.05, 0.1) is 18.2 Å². The molecule has 0 bridgehead atoms. The van der Waals surface area contributed by atoms with Crippen LogP contribution < -0.4 is 10.5 Å². The summed E-state index contributed by atoms with van der Waals surface area (Å²) < 4.78 is 11.3. The van der Waals surface area contributed by atoms with Crippen molar-refractivity contribution < 1.29 is 9.47 Å². The zero-order chi connectivity index (χ0) is 15.3. The zero-order valence-electron chi connectivity index (χ0n) is 12.8. The average molecular weight is 308 g/mol. The molecular formula is C16H24N2O2S. The Bertz CT molecular complexity index is 474. The lowest BCUT2D eigenvalue weighted by atomic mass is 10.0. The minimum Gasteiger partial charge on any atom is -0.492 e. The molecule has 0 aromatic heterocycles. The Hall–Kier alpha value is -1.17. The molecule has 0 radical (unpaired) electrons. The van der Waals surface area contributed by atoms with Gasteiger partial charge in [-0.25, -0.2) is 0 Å². The minimum atomic E-state index is 0.0856. The predicted octanol–water partition coefficient (Wildman–Crippen LogP) is 2.00. The zero-order valence-corrected chi connectivity index (χ0v) is 13.6. The fourth-order valence-electron chi connectivity index (χ4n) is 2.48. The van der Waals surface area contributed by atoms with E-state index in [4.69, 9.17) is 27.4 Å². The third-order valence-corrected chi connectivity index (χ3v) is 3.89. The van der Waals surface area contributed by atoms with Gasteiger partial charge in [-0.3, -0.25) is 4.90 Å². The second-order valence-electron chi connectivity index (χ2n) is 5.99. The van der Waals surface area contributed by atoms with Crippen molar-refractivity contribution in [2.45, 2.75) is 25.8 Å². The quantitative estimate of drug-likeness (QED) is 0.815. The summed E-state index contributed by atoms with van der Waals surface area (Å²) in [6, 6.07) is 7.95. The van der Waals surface area contributed by atoms with Gasteiger partial charge in [0.15, 0.2) is 0 Å². The van der Waals surface area contributed by atoms with Crippen LogP contribution in [0.1, 0.15) is 19.4 Å². The summed E-state index contributed by atoms with van der Waals surface area (Å²) in [5.41, 5.74) is 6.74. The van der Waals surface area contributed by atoms with E-state index in [1.54, 1.807) is 0 Å². The Morgan fingerprint density at radius 3 is 2.71 bits per heavy atom. The molecule has 0 amide bonds. The van der Waals surface area contributed by atoms with E-state index in [0.29, 0.717) is 18.0 Å². The number of hydrogen-bond acceptors (Lipinski definition) is 4. The molecular weight excluding hydrogens is 284 g/mol. The maximum Gasteiger partial charge on any atom is 0.119 e. The van der Waals surface area contributed by atoms with Gasteiger partial charge in [-0.15, -0.1) is 0 Å². The first-order chi connectivity index (χ1) is 9.97. The highest BCUT2D eigenvalue weighted by Crippen LogP contribution is 2.19. The molecule has 1 aromatic carbocycles. The number of nitrogens with zero attached hydrogens (tertiary/aromatic N) is 1. The minimum absolute atomic E-state index is 0.0856. The molecule has 1 heterocycles. The third kappa shape index (κ3) is 4.95. The Morgan fingerprint density at radius 1 is 1.38 bits per heavy atom. The lowest BCUT2D eigenvalue weighted by molar-refractivity contribution is -0.0547. The Labute approximate surface area is 132 Å². The van der Waals surface area contributed by atoms with Crippen molar-refractivity contribution in [3.8, 4) is 5.75 Å². The van der Waals surface area contributed by atoms with Crippen LogP contribution >= 0.6 is 12.2 Å². The first-order valence-electron chi connectivity index (χ1n) is 7.30. The molecule has 2 rings (SSSR count). The molecule has 1 aliphatic heterocycles. The summed E-state index contributed by atoms with van der Waals surface area (Å²) in [6.45, 7) is 8.54. The molecule has 1 saturated heterocycles. The molecule has 4 nitrogen and oxygen atoms in total. The van der Waals surface area contributed by atoms with E-state index in [1.165, 1.54) is 0 Å². The van der Waals surface area contributed by atoms with E-state index >= 15 is 0 Å². The second kappa shape index (κ2) is 7.20. The van der Waals surface area contributed by atoms with Gasteiger partial charge in [0.2, 0.25) is 0 Å². The van der Waals surface area contributed by atoms with Gasteiger partial charge in [-0.05, 0) is 31.5 Å². The number of nitrogens with two attached hydrogens (primary N) is 1. The lowest BCUT2D eigenvalue weighted by Gasteiger charge is -2.41. The van der Waals surface area contributed by atoms with Gasteiger partial charge in [0.1, 0.15) is 12.4 Å². The monoisotopic (exact) mass is 308 g/mol. The van der Waals surface area contributed by atoms with Crippen LogP contribution in [0.3, 0.4) is 0 Å². The molecule has 1 aliphatic rings. The van der Waals surface area contributed by atoms with Crippen LogP contribution in [-0.2, 0) is 11.2 Å². The van der Waals surface area contributed by atoms with E-state index in [9.17, 15) is 0 Å². The summed E-state index contributed by atoms with van der Waals surface area (Å²) in [5, 5.41) is 0. The number of rotatable bonds is 6. The molecule has 116 valence electrons. The van der Waals surface area contributed by atoms with Crippen LogP contribution in [0.5, 0.6) is 5.75 Å². The van der Waals surface area contributed by atoms with Crippen molar-refractivity contribution in [3.63, 3.8) is 0 Å². The number of benzene rings is 1. The van der Waals surface area contributed by atoms with Crippen LogP contribution in [0.25, 0.3) is 0 Å². The third-order valence-electron chi connectivity index (χ3n) is 3.75. The maximum atomic E-state index is 5.82. The largest absolute Gasteiger partial charge is 0.492 e. The van der Waals surface area contributed by atoms with Crippen LogP contribution in [0.4, 0.5) is 0 Å². The molecule has 0 saturated carbocycles. The van der Waals surface area contributed by atoms with Crippen molar-refractivity contribution in [2.24, 2.45) is 5.73 Å². The molecule has 0 unspecified atom stereocenters. The first-order valence-corrected chi connectivity index (χ1v) is 7.71. The first kappa shape index (κ1) is 16.2. The summed E-state index contributed by atoms with van der Waals surface area (Å²) in [6.07, 6.45) is 0.636.